The van der Waals surface area contributed by atoms with Gasteiger partial charge in [-0.3, -0.25) is 0 Å². The van der Waals surface area contributed by atoms with Crippen LogP contribution < -0.4 is 14.2 Å². The second-order valence-corrected chi connectivity index (χ2v) is 51.8. The number of rotatable bonds is 24. The number of ether oxygens (including phenoxy) is 3. The number of benzene rings is 4. The van der Waals surface area contributed by atoms with Crippen LogP contribution in [-0.4, -0.2) is 107 Å². The summed E-state index contributed by atoms with van der Waals surface area (Å²) < 4.78 is 94.5. The molecule has 0 amide bonds. The number of hydrogen-bond donors (Lipinski definition) is 1. The molecule has 21 heteroatoms. The lowest BCUT2D eigenvalue weighted by atomic mass is 9.78. The molecule has 8 rings (SSSR count). The monoisotopic (exact) mass is 1560 g/mol. The molecule has 4 aromatic carbocycles. The van der Waals surface area contributed by atoms with Crippen LogP contribution in [0.2, 0.25) is 12.1 Å². The minimum absolute atomic E-state index is 0.0157. The predicted octanol–water partition coefficient (Wildman–Crippen LogP) is 22.3. The van der Waals surface area contributed by atoms with Crippen LogP contribution in [0.25, 0.3) is 0 Å². The number of phenols is 1. The van der Waals surface area contributed by atoms with Crippen LogP contribution in [0.5, 0.6) is 23.0 Å². The summed E-state index contributed by atoms with van der Waals surface area (Å²) in [6.07, 6.45) is 2.78. The fourth-order valence-electron chi connectivity index (χ4n) is 12.7. The Morgan fingerprint density at radius 2 is 0.660 bits per heavy atom. The molecule has 0 spiro atoms. The molecule has 1 N–H and O–H groups in total. The third-order valence-electron chi connectivity index (χ3n) is 17.4. The van der Waals surface area contributed by atoms with E-state index in [-0.39, 0.29) is 55.5 Å². The Bertz CT molecular complexity index is 3320. The van der Waals surface area contributed by atoms with E-state index < -0.39 is 50.4 Å². The van der Waals surface area contributed by atoms with Gasteiger partial charge in [0.1, 0.15) is 29.6 Å². The lowest BCUT2D eigenvalue weighted by Crippen LogP contribution is -2.91. The van der Waals surface area contributed by atoms with Gasteiger partial charge in [0.2, 0.25) is 0 Å². The van der Waals surface area contributed by atoms with Gasteiger partial charge in [0, 0.05) is 77.5 Å². The molecule has 0 radical (unpaired) electrons. The van der Waals surface area contributed by atoms with Gasteiger partial charge in [-0.05, 0) is 164 Å². The molecule has 4 aliphatic heterocycles. The van der Waals surface area contributed by atoms with Gasteiger partial charge in [0.25, 0.3) is 0 Å². The largest absolute Gasteiger partial charge is 0.661 e. The molecular weight excluding hydrogens is 1420 g/mol. The zero-order valence-electron chi connectivity index (χ0n) is 73.7. The Morgan fingerprint density at radius 3 is 0.925 bits per heavy atom. The van der Waals surface area contributed by atoms with Gasteiger partial charge in [0.05, 0.1) is 18.8 Å². The van der Waals surface area contributed by atoms with Crippen LogP contribution in [0.1, 0.15) is 315 Å². The molecule has 106 heavy (non-hydrogen) atoms. The van der Waals surface area contributed by atoms with Crippen molar-refractivity contribution in [3.63, 3.8) is 0 Å². The summed E-state index contributed by atoms with van der Waals surface area (Å²) in [6, 6.07) is 18.9. The third kappa shape index (κ3) is 26.8. The van der Waals surface area contributed by atoms with Gasteiger partial charge in [-0.15, -0.1) is 0 Å². The van der Waals surface area contributed by atoms with Gasteiger partial charge in [-0.1, -0.05) is 250 Å². The van der Waals surface area contributed by atoms with Crippen LogP contribution in [0.3, 0.4) is 0 Å². The summed E-state index contributed by atoms with van der Waals surface area (Å²) in [5.41, 5.74) is 13.9. The smallest absolute Gasteiger partial charge is 0.507 e. The standard InChI is InChI=1S/C28H52O10Si4.C24H44O4Si.C18H28O.C15H24O/c1-20(2)30-40-33-39(34-41(36-40,31-21(3)4)38-42(35-39,37-40)32-28(12,13)14)17-15-16-29-25-23(26(6,7)8)18-22(5)19-24(25)27(9,10)11;1-11-26-29(27-12-2,28-13-3)16-14-15-25-22-20(23(5,6)7)17-19(4)18-21(22)24(8,9)10;1-9-10-19-16-14(17(3,4)5)11-13(2)12-15(16)18(6,7)8;1-10-8-11(14(2,3)4)13(16)12(9-10)15(5,6)7/h18-21H,15-17H2,1-14H3;17-18H,11-16H2,1-10H3;9,11-12H,1,10H2,2-8H3;8-9,16H,1-7H3. The maximum atomic E-state index is 10.4. The average molecular weight is 1570 g/mol. The predicted molar refractivity (Wildman–Crippen MR) is 445 cm³/mol. The molecule has 604 valence electrons. The molecule has 0 saturated carbocycles. The highest BCUT2D eigenvalue weighted by Crippen LogP contribution is 2.52. The quantitative estimate of drug-likeness (QED) is 0.0401. The summed E-state index contributed by atoms with van der Waals surface area (Å²) in [5, 5.41) is 10.4. The van der Waals surface area contributed by atoms with Crippen molar-refractivity contribution < 1.29 is 70.6 Å². The van der Waals surface area contributed by atoms with Crippen molar-refractivity contribution in [2.75, 3.05) is 39.6 Å². The fraction of sp³-hybridized carbons (Fsp3) is 0.694. The Hall–Kier alpha value is -3.58. The number of aryl methyl sites for hydroxylation is 4. The van der Waals surface area contributed by atoms with Crippen LogP contribution in [0, 0.1) is 27.7 Å². The van der Waals surface area contributed by atoms with Crippen molar-refractivity contribution in [3.8, 4) is 23.0 Å². The Kier molecular flexibility index (Phi) is 32.2. The van der Waals surface area contributed by atoms with Crippen LogP contribution in [0.4, 0.5) is 0 Å². The van der Waals surface area contributed by atoms with E-state index in [2.05, 4.69) is 249 Å². The van der Waals surface area contributed by atoms with Gasteiger partial charge in [0.15, 0.2) is 0 Å². The van der Waals surface area contributed by atoms with E-state index in [9.17, 15) is 5.11 Å². The zero-order chi connectivity index (χ0) is 81.4. The summed E-state index contributed by atoms with van der Waals surface area (Å²) in [5.74, 6) is 3.47. The molecule has 4 aromatic rings. The molecule has 4 fully saturated rings. The normalized spacial score (nSPS) is 20.2. The molecule has 16 nitrogen and oxygen atoms in total. The first kappa shape index (κ1) is 94.8. The topological polar surface area (TPSA) is 159 Å². The highest BCUT2D eigenvalue weighted by atomic mass is 28.6. The average Bonchev–Trinajstić information content (AvgIpc) is 0.683. The van der Waals surface area contributed by atoms with Crippen molar-refractivity contribution in [1.82, 2.24) is 0 Å². The highest BCUT2D eigenvalue weighted by molar-refractivity contribution is 6.98. The molecule has 2 atom stereocenters. The molecule has 4 saturated heterocycles. The molecular formula is C85H148O16Si5. The maximum absolute atomic E-state index is 10.4. The summed E-state index contributed by atoms with van der Waals surface area (Å²) in [6.45, 7) is 88.1. The first-order valence-corrected chi connectivity index (χ1v) is 47.8. The van der Waals surface area contributed by atoms with Crippen molar-refractivity contribution in [2.24, 2.45) is 0 Å². The van der Waals surface area contributed by atoms with Crippen LogP contribution >= 0.6 is 0 Å². The van der Waals surface area contributed by atoms with E-state index in [1.807, 2.05) is 69.2 Å². The molecule has 4 heterocycles. The molecule has 0 aromatic heterocycles. The maximum Gasteiger partial charge on any atom is 0.661 e. The molecule has 4 bridgehead atoms. The van der Waals surface area contributed by atoms with E-state index >= 15 is 0 Å². The first-order chi connectivity index (χ1) is 48.0. The van der Waals surface area contributed by atoms with E-state index in [0.717, 1.165) is 40.8 Å². The summed E-state index contributed by atoms with van der Waals surface area (Å²) in [7, 11) is -17.5. The Labute approximate surface area is 651 Å². The minimum Gasteiger partial charge on any atom is -0.507 e. The number of hydrogen-bond acceptors (Lipinski definition) is 16. The van der Waals surface area contributed by atoms with Crippen molar-refractivity contribution >= 4 is 44.8 Å². The van der Waals surface area contributed by atoms with E-state index in [0.29, 0.717) is 57.9 Å². The molecule has 2 unspecified atom stereocenters. The fourth-order valence-corrected chi connectivity index (χ4v) is 35.4. The number of aromatic hydroxyl groups is 1. The molecule has 4 aliphatic rings. The van der Waals surface area contributed by atoms with Crippen molar-refractivity contribution in [1.29, 1.82) is 0 Å². The van der Waals surface area contributed by atoms with E-state index in [1.165, 1.54) is 55.6 Å². The number of phenolic OH excluding ortho intramolecular Hbond substituents is 1. The lowest BCUT2D eigenvalue weighted by molar-refractivity contribution is -0.165. The van der Waals surface area contributed by atoms with Crippen LogP contribution in [-0.2, 0) is 94.6 Å². The van der Waals surface area contributed by atoms with Gasteiger partial charge in [-0.2, -0.15) is 0 Å². The van der Waals surface area contributed by atoms with E-state index in [4.69, 9.17) is 65.5 Å². The SMILES string of the molecule is C=CCOc1c(C(C)(C)C)cc(C)cc1C(C)(C)C.CCO[Si](CCCOc1c(C(C)(C)C)cc(C)cc1C(C)(C)C)(OCC)OCC.Cc1cc(C(C)(C)C)c(O)c(C(C)(C)C)c1.Cc1cc(C(C)(C)C)c(OCCC[Si]23O[Si]4(OC(C)C)O[Si](OC(C)C)(O2)O[Si](OC(C)(C)C)(O3)O4)c(C(C)(C)C)c1. The minimum atomic E-state index is -3.81. The summed E-state index contributed by atoms with van der Waals surface area (Å²) >= 11 is 0. The highest BCUT2D eigenvalue weighted by Gasteiger charge is 2.88. The van der Waals surface area contributed by atoms with Gasteiger partial charge >= 0.3 is 44.8 Å². The second-order valence-electron chi connectivity index (χ2n) is 38.6. The first-order valence-electron chi connectivity index (χ1n) is 39.0. The van der Waals surface area contributed by atoms with Crippen LogP contribution in [0.15, 0.2) is 61.2 Å². The van der Waals surface area contributed by atoms with Crippen molar-refractivity contribution in [3.05, 3.63) is 128 Å². The third-order valence-corrected chi connectivity index (χ3v) is 36.6. The summed E-state index contributed by atoms with van der Waals surface area (Å²) in [4.78, 5) is 0. The lowest BCUT2D eigenvalue weighted by Gasteiger charge is -2.60. The van der Waals surface area contributed by atoms with Gasteiger partial charge in [-0.25, -0.2) is 0 Å². The second kappa shape index (κ2) is 36.1. The Balaban J connectivity index is 0.000000322. The molecule has 0 aliphatic carbocycles. The zero-order valence-corrected chi connectivity index (χ0v) is 78.7. The van der Waals surface area contributed by atoms with Crippen molar-refractivity contribution in [2.45, 2.75) is 349 Å². The van der Waals surface area contributed by atoms with E-state index in [1.54, 1.807) is 6.08 Å². The van der Waals surface area contributed by atoms with Gasteiger partial charge < -0.3 is 70.6 Å². The Morgan fingerprint density at radius 1 is 0.396 bits per heavy atom.